The summed E-state index contributed by atoms with van der Waals surface area (Å²) in [4.78, 5) is 4.40. The summed E-state index contributed by atoms with van der Waals surface area (Å²) in [6.45, 7) is 5.66. The highest BCUT2D eigenvalue weighted by atomic mass is 79.9. The largest absolute Gasteiger partial charge is 0.241 e. The average Bonchev–Trinajstić information content (AvgIpc) is 2.48. The molecule has 0 unspecified atom stereocenters. The summed E-state index contributed by atoms with van der Waals surface area (Å²) in [5.74, 6) is 0. The fraction of sp³-hybridized carbons (Fsp3) is 0.222. The standard InChI is InChI=1S/C9H10BrNS/c1-3-5-8-7(4-2)11-9(6-10)12-8/h3-5H,1,6H2,2H3/b7-4+,8-5+. The summed E-state index contributed by atoms with van der Waals surface area (Å²) in [5, 5.41) is 2.98. The molecule has 1 nitrogen and oxygen atoms in total. The maximum atomic E-state index is 4.40. The SMILES string of the molecule is C=C/C=c1/sc(CBr)n/c1=C/C. The average molecular weight is 244 g/mol. The fourth-order valence-corrected chi connectivity index (χ4v) is 2.24. The Hall–Kier alpha value is -0.410. The van der Waals surface area contributed by atoms with E-state index in [4.69, 9.17) is 0 Å². The zero-order chi connectivity index (χ0) is 8.97. The van der Waals surface area contributed by atoms with Crippen LogP contribution in [0.2, 0.25) is 0 Å². The summed E-state index contributed by atoms with van der Waals surface area (Å²) in [6.07, 6.45) is 5.79. The van der Waals surface area contributed by atoms with Crippen molar-refractivity contribution in [1.82, 2.24) is 4.98 Å². The summed E-state index contributed by atoms with van der Waals surface area (Å²) in [7, 11) is 0. The molecule has 0 atom stereocenters. The molecule has 0 saturated carbocycles. The smallest absolute Gasteiger partial charge is 0.104 e. The van der Waals surface area contributed by atoms with Crippen molar-refractivity contribution in [3.05, 3.63) is 27.5 Å². The van der Waals surface area contributed by atoms with E-state index in [-0.39, 0.29) is 0 Å². The van der Waals surface area contributed by atoms with Crippen LogP contribution in [-0.2, 0) is 5.33 Å². The van der Waals surface area contributed by atoms with E-state index in [0.29, 0.717) is 0 Å². The van der Waals surface area contributed by atoms with Crippen LogP contribution in [0.15, 0.2) is 12.7 Å². The van der Waals surface area contributed by atoms with Crippen LogP contribution in [0.25, 0.3) is 12.2 Å². The van der Waals surface area contributed by atoms with E-state index >= 15 is 0 Å². The van der Waals surface area contributed by atoms with E-state index in [1.807, 2.05) is 19.1 Å². The lowest BCUT2D eigenvalue weighted by molar-refractivity contribution is 1.22. The van der Waals surface area contributed by atoms with Crippen molar-refractivity contribution >= 4 is 39.4 Å². The van der Waals surface area contributed by atoms with E-state index < -0.39 is 0 Å². The topological polar surface area (TPSA) is 12.9 Å². The molecule has 1 heterocycles. The molecule has 0 aliphatic heterocycles. The van der Waals surface area contributed by atoms with Gasteiger partial charge in [-0.3, -0.25) is 0 Å². The van der Waals surface area contributed by atoms with Gasteiger partial charge in [0.05, 0.1) is 15.2 Å². The van der Waals surface area contributed by atoms with Gasteiger partial charge in [0.1, 0.15) is 5.01 Å². The molecule has 1 rings (SSSR count). The molecular weight excluding hydrogens is 234 g/mol. The molecule has 0 aliphatic carbocycles. The Bertz CT molecular complexity index is 378. The van der Waals surface area contributed by atoms with Gasteiger partial charge in [0.15, 0.2) is 0 Å². The van der Waals surface area contributed by atoms with Crippen LogP contribution in [0, 0.1) is 0 Å². The first-order valence-electron chi connectivity index (χ1n) is 3.62. The number of halogens is 1. The maximum Gasteiger partial charge on any atom is 0.104 e. The van der Waals surface area contributed by atoms with Crippen LogP contribution in [-0.4, -0.2) is 4.98 Å². The molecule has 0 spiro atoms. The highest BCUT2D eigenvalue weighted by Crippen LogP contribution is 2.01. The van der Waals surface area contributed by atoms with Crippen molar-refractivity contribution in [3.8, 4) is 0 Å². The number of rotatable bonds is 2. The summed E-state index contributed by atoms with van der Waals surface area (Å²) >= 11 is 5.07. The Morgan fingerprint density at radius 1 is 1.67 bits per heavy atom. The van der Waals surface area contributed by atoms with Crippen molar-refractivity contribution in [3.63, 3.8) is 0 Å². The molecule has 0 aliphatic rings. The molecule has 12 heavy (non-hydrogen) atoms. The Balaban J connectivity index is 3.37. The van der Waals surface area contributed by atoms with Crippen molar-refractivity contribution in [1.29, 1.82) is 0 Å². The minimum atomic E-state index is 0.823. The molecule has 3 heteroatoms. The molecule has 0 aromatic carbocycles. The van der Waals surface area contributed by atoms with Crippen LogP contribution in [0.3, 0.4) is 0 Å². The lowest BCUT2D eigenvalue weighted by Gasteiger charge is -1.76. The molecule has 1 aromatic heterocycles. The summed E-state index contributed by atoms with van der Waals surface area (Å²) in [5.41, 5.74) is 0. The Kier molecular flexibility index (Phi) is 3.69. The van der Waals surface area contributed by atoms with Crippen molar-refractivity contribution in [2.45, 2.75) is 12.3 Å². The second-order valence-electron chi connectivity index (χ2n) is 2.18. The fourth-order valence-electron chi connectivity index (χ4n) is 0.882. The predicted octanol–water partition coefficient (Wildman–Crippen LogP) is 1.80. The van der Waals surface area contributed by atoms with Gasteiger partial charge in [0.2, 0.25) is 0 Å². The normalized spacial score (nSPS) is 13.8. The third-order valence-electron chi connectivity index (χ3n) is 1.38. The Labute approximate surface area is 84.3 Å². The second-order valence-corrected chi connectivity index (χ2v) is 3.86. The van der Waals surface area contributed by atoms with Gasteiger partial charge in [-0.1, -0.05) is 34.7 Å². The highest BCUT2D eigenvalue weighted by Gasteiger charge is 1.95. The van der Waals surface area contributed by atoms with Crippen LogP contribution >= 0.6 is 27.3 Å². The van der Waals surface area contributed by atoms with E-state index in [1.165, 1.54) is 4.53 Å². The van der Waals surface area contributed by atoms with E-state index in [0.717, 1.165) is 15.7 Å². The number of hydrogen-bond acceptors (Lipinski definition) is 2. The lowest BCUT2D eigenvalue weighted by atomic mass is 10.5. The summed E-state index contributed by atoms with van der Waals surface area (Å²) < 4.78 is 1.18. The molecule has 0 amide bonds. The van der Waals surface area contributed by atoms with Gasteiger partial charge < -0.3 is 0 Å². The molecule has 0 fully saturated rings. The number of allylic oxidation sites excluding steroid dienone is 1. The van der Waals surface area contributed by atoms with Crippen LogP contribution < -0.4 is 9.88 Å². The van der Waals surface area contributed by atoms with Gasteiger partial charge in [-0.05, 0) is 13.0 Å². The molecule has 0 bridgehead atoms. The van der Waals surface area contributed by atoms with E-state index in [1.54, 1.807) is 17.4 Å². The zero-order valence-corrected chi connectivity index (χ0v) is 9.28. The van der Waals surface area contributed by atoms with Crippen LogP contribution in [0.1, 0.15) is 11.9 Å². The Morgan fingerprint density at radius 3 is 2.92 bits per heavy atom. The maximum absolute atomic E-state index is 4.40. The molecule has 0 N–H and O–H groups in total. The van der Waals surface area contributed by atoms with Crippen molar-refractivity contribution < 1.29 is 0 Å². The molecule has 1 aromatic rings. The number of aromatic nitrogens is 1. The van der Waals surface area contributed by atoms with Crippen LogP contribution in [0.5, 0.6) is 0 Å². The Morgan fingerprint density at radius 2 is 2.42 bits per heavy atom. The third kappa shape index (κ3) is 2.05. The third-order valence-corrected chi connectivity index (χ3v) is 3.32. The predicted molar refractivity (Wildman–Crippen MR) is 58.8 cm³/mol. The lowest BCUT2D eigenvalue weighted by Crippen LogP contribution is -2.19. The number of nitrogens with zero attached hydrogens (tertiary/aromatic N) is 1. The first kappa shape index (κ1) is 9.68. The second kappa shape index (κ2) is 4.58. The quantitative estimate of drug-likeness (QED) is 0.723. The van der Waals surface area contributed by atoms with Gasteiger partial charge >= 0.3 is 0 Å². The van der Waals surface area contributed by atoms with Gasteiger partial charge in [-0.15, -0.1) is 11.3 Å². The van der Waals surface area contributed by atoms with Crippen molar-refractivity contribution in [2.24, 2.45) is 0 Å². The van der Waals surface area contributed by atoms with Gasteiger partial charge in [0.25, 0.3) is 0 Å². The van der Waals surface area contributed by atoms with Crippen LogP contribution in [0.4, 0.5) is 0 Å². The number of hydrogen-bond donors (Lipinski definition) is 0. The van der Waals surface area contributed by atoms with E-state index in [9.17, 15) is 0 Å². The highest BCUT2D eigenvalue weighted by molar-refractivity contribution is 9.08. The van der Waals surface area contributed by atoms with Gasteiger partial charge in [-0.2, -0.15) is 0 Å². The molecule has 64 valence electrons. The first-order chi connectivity index (χ1) is 5.81. The minimum Gasteiger partial charge on any atom is -0.241 e. The van der Waals surface area contributed by atoms with Gasteiger partial charge in [-0.25, -0.2) is 4.98 Å². The van der Waals surface area contributed by atoms with E-state index in [2.05, 4.69) is 27.5 Å². The molecule has 0 radical (unpaired) electrons. The molecular formula is C9H10BrNS. The number of thiazole rings is 1. The number of alkyl halides is 1. The summed E-state index contributed by atoms with van der Waals surface area (Å²) in [6, 6.07) is 0. The minimum absolute atomic E-state index is 0.823. The zero-order valence-electron chi connectivity index (χ0n) is 6.88. The first-order valence-corrected chi connectivity index (χ1v) is 5.56. The van der Waals surface area contributed by atoms with Gasteiger partial charge in [0, 0.05) is 0 Å². The monoisotopic (exact) mass is 243 g/mol. The van der Waals surface area contributed by atoms with Crippen molar-refractivity contribution in [2.75, 3.05) is 0 Å². The molecule has 0 saturated heterocycles.